The predicted octanol–water partition coefficient (Wildman–Crippen LogP) is 2.31. The number of benzene rings is 1. The Morgan fingerprint density at radius 2 is 1.62 bits per heavy atom. The van der Waals surface area contributed by atoms with Crippen molar-refractivity contribution in [2.75, 3.05) is 13.7 Å². The second kappa shape index (κ2) is 13.1. The van der Waals surface area contributed by atoms with E-state index in [1.54, 1.807) is 24.3 Å². The lowest BCUT2D eigenvalue weighted by Gasteiger charge is -2.13. The summed E-state index contributed by atoms with van der Waals surface area (Å²) in [4.78, 5) is 22.9. The van der Waals surface area contributed by atoms with Crippen LogP contribution in [-0.4, -0.2) is 36.7 Å². The summed E-state index contributed by atoms with van der Waals surface area (Å²) in [6.07, 6.45) is 0. The number of esters is 1. The van der Waals surface area contributed by atoms with Gasteiger partial charge >= 0.3 is 5.97 Å². The lowest BCUT2D eigenvalue weighted by molar-refractivity contribution is -0.143. The van der Waals surface area contributed by atoms with E-state index < -0.39 is 24.5 Å². The summed E-state index contributed by atoms with van der Waals surface area (Å²) >= 11 is 0. The van der Waals surface area contributed by atoms with Crippen LogP contribution < -0.4 is 5.32 Å². The molecule has 1 atom stereocenters. The van der Waals surface area contributed by atoms with Gasteiger partial charge in [0.1, 0.15) is 0 Å². The Kier molecular flexibility index (Phi) is 13.4. The minimum Gasteiger partial charge on any atom is -0.467 e. The smallest absolute Gasteiger partial charge is 0.330 e. The molecule has 0 saturated heterocycles. The van der Waals surface area contributed by atoms with Crippen molar-refractivity contribution in [3.63, 3.8) is 0 Å². The summed E-state index contributed by atoms with van der Waals surface area (Å²) in [5.41, 5.74) is 1.46. The molecule has 0 aromatic heterocycles. The number of hydrogen-bond donors (Lipinski definition) is 2. The SMILES string of the molecule is CC.CC.COC(=O)C(CO)NC(=O)c1ccc(C)cc1. The van der Waals surface area contributed by atoms with Crippen LogP contribution >= 0.6 is 0 Å². The summed E-state index contributed by atoms with van der Waals surface area (Å²) in [6, 6.07) is 5.85. The van der Waals surface area contributed by atoms with Crippen LogP contribution in [0, 0.1) is 6.92 Å². The summed E-state index contributed by atoms with van der Waals surface area (Å²) in [5.74, 6) is -1.09. The molecular weight excluding hydrogens is 270 g/mol. The van der Waals surface area contributed by atoms with Crippen LogP contribution in [0.2, 0.25) is 0 Å². The molecule has 120 valence electrons. The Labute approximate surface area is 127 Å². The van der Waals surface area contributed by atoms with Crippen molar-refractivity contribution in [2.45, 2.75) is 40.7 Å². The Balaban J connectivity index is 0. The van der Waals surface area contributed by atoms with E-state index in [0.29, 0.717) is 5.56 Å². The maximum atomic E-state index is 11.7. The molecule has 21 heavy (non-hydrogen) atoms. The minimum atomic E-state index is -1.03. The summed E-state index contributed by atoms with van der Waals surface area (Å²) < 4.78 is 4.45. The van der Waals surface area contributed by atoms with Gasteiger partial charge in [-0.25, -0.2) is 4.79 Å². The summed E-state index contributed by atoms with van der Waals surface area (Å²) in [6.45, 7) is 9.41. The van der Waals surface area contributed by atoms with Gasteiger partial charge in [0.05, 0.1) is 13.7 Å². The number of aliphatic hydroxyl groups is 1. The highest BCUT2D eigenvalue weighted by Crippen LogP contribution is 2.03. The minimum absolute atomic E-state index is 0.422. The van der Waals surface area contributed by atoms with Crippen LogP contribution in [0.5, 0.6) is 0 Å². The lowest BCUT2D eigenvalue weighted by atomic mass is 10.1. The molecular formula is C16H27NO4. The van der Waals surface area contributed by atoms with E-state index in [1.165, 1.54) is 7.11 Å². The fourth-order valence-corrected chi connectivity index (χ4v) is 1.27. The molecule has 0 saturated carbocycles. The largest absolute Gasteiger partial charge is 0.467 e. The van der Waals surface area contributed by atoms with Crippen molar-refractivity contribution in [3.8, 4) is 0 Å². The number of hydrogen-bond acceptors (Lipinski definition) is 4. The standard InChI is InChI=1S/C12H15NO4.2C2H6/c1-8-3-5-9(6-4-8)11(15)13-10(7-14)12(16)17-2;2*1-2/h3-6,10,14H,7H2,1-2H3,(H,13,15);2*1-2H3. The van der Waals surface area contributed by atoms with Crippen molar-refractivity contribution >= 4 is 11.9 Å². The fraction of sp³-hybridized carbons (Fsp3) is 0.500. The van der Waals surface area contributed by atoms with Gasteiger partial charge in [-0.3, -0.25) is 4.79 Å². The first-order chi connectivity index (χ1) is 10.1. The zero-order chi connectivity index (χ0) is 16.8. The Hall–Kier alpha value is -1.88. The topological polar surface area (TPSA) is 75.6 Å². The predicted molar refractivity (Wildman–Crippen MR) is 84.2 cm³/mol. The van der Waals surface area contributed by atoms with Gasteiger partial charge in [0, 0.05) is 5.56 Å². The number of rotatable bonds is 4. The first kappa shape index (κ1) is 21.4. The van der Waals surface area contributed by atoms with Crippen molar-refractivity contribution in [3.05, 3.63) is 35.4 Å². The number of aryl methyl sites for hydroxylation is 1. The molecule has 0 aliphatic rings. The molecule has 2 N–H and O–H groups in total. The number of amides is 1. The number of carbonyl (C=O) groups is 2. The lowest BCUT2D eigenvalue weighted by Crippen LogP contribution is -2.44. The molecule has 1 aromatic carbocycles. The van der Waals surface area contributed by atoms with Gasteiger partial charge in [0.15, 0.2) is 6.04 Å². The highest BCUT2D eigenvalue weighted by atomic mass is 16.5. The maximum Gasteiger partial charge on any atom is 0.330 e. The van der Waals surface area contributed by atoms with E-state index in [4.69, 9.17) is 5.11 Å². The average molecular weight is 297 g/mol. The first-order valence-corrected chi connectivity index (χ1v) is 7.14. The second-order valence-electron chi connectivity index (χ2n) is 3.60. The zero-order valence-corrected chi connectivity index (χ0v) is 13.8. The fourth-order valence-electron chi connectivity index (χ4n) is 1.27. The number of ether oxygens (including phenoxy) is 1. The van der Waals surface area contributed by atoms with Crippen molar-refractivity contribution < 1.29 is 19.4 Å². The molecule has 0 aliphatic carbocycles. The van der Waals surface area contributed by atoms with Crippen molar-refractivity contribution in [1.29, 1.82) is 0 Å². The van der Waals surface area contributed by atoms with Crippen LogP contribution in [0.25, 0.3) is 0 Å². The van der Waals surface area contributed by atoms with Crippen LogP contribution in [0.3, 0.4) is 0 Å². The third-order valence-corrected chi connectivity index (χ3v) is 2.29. The second-order valence-corrected chi connectivity index (χ2v) is 3.60. The van der Waals surface area contributed by atoms with Crippen molar-refractivity contribution in [2.24, 2.45) is 0 Å². The van der Waals surface area contributed by atoms with Gasteiger partial charge in [-0.15, -0.1) is 0 Å². The molecule has 0 fully saturated rings. The highest BCUT2D eigenvalue weighted by molar-refractivity contribution is 5.96. The quantitative estimate of drug-likeness (QED) is 0.836. The van der Waals surface area contributed by atoms with E-state index in [1.807, 2.05) is 34.6 Å². The number of nitrogens with one attached hydrogen (secondary N) is 1. The zero-order valence-electron chi connectivity index (χ0n) is 13.8. The van der Waals surface area contributed by atoms with Crippen LogP contribution in [-0.2, 0) is 9.53 Å². The van der Waals surface area contributed by atoms with Crippen LogP contribution in [0.15, 0.2) is 24.3 Å². The van der Waals surface area contributed by atoms with E-state index in [2.05, 4.69) is 10.1 Å². The van der Waals surface area contributed by atoms with Crippen LogP contribution in [0.4, 0.5) is 0 Å². The van der Waals surface area contributed by atoms with E-state index in [0.717, 1.165) is 5.56 Å². The third kappa shape index (κ3) is 8.09. The highest BCUT2D eigenvalue weighted by Gasteiger charge is 2.20. The molecule has 5 heteroatoms. The number of aliphatic hydroxyl groups excluding tert-OH is 1. The van der Waals surface area contributed by atoms with E-state index >= 15 is 0 Å². The summed E-state index contributed by atoms with van der Waals surface area (Å²) in [7, 11) is 1.20. The molecule has 1 aromatic rings. The van der Waals surface area contributed by atoms with E-state index in [9.17, 15) is 9.59 Å². The third-order valence-electron chi connectivity index (χ3n) is 2.29. The molecule has 5 nitrogen and oxygen atoms in total. The molecule has 0 heterocycles. The van der Waals surface area contributed by atoms with Gasteiger partial charge in [-0.2, -0.15) is 0 Å². The van der Waals surface area contributed by atoms with Crippen LogP contribution in [0.1, 0.15) is 43.6 Å². The molecule has 0 aliphatic heterocycles. The Morgan fingerprint density at radius 1 is 1.14 bits per heavy atom. The average Bonchev–Trinajstić information content (AvgIpc) is 2.56. The molecule has 1 amide bonds. The van der Waals surface area contributed by atoms with E-state index in [-0.39, 0.29) is 0 Å². The molecule has 1 rings (SSSR count). The molecule has 1 unspecified atom stereocenters. The first-order valence-electron chi connectivity index (χ1n) is 7.14. The monoisotopic (exact) mass is 297 g/mol. The normalized spacial score (nSPS) is 10.0. The van der Waals surface area contributed by atoms with Gasteiger partial charge < -0.3 is 15.2 Å². The maximum absolute atomic E-state index is 11.7. The van der Waals surface area contributed by atoms with Gasteiger partial charge in [-0.1, -0.05) is 45.4 Å². The Bertz CT molecular complexity index is 401. The summed E-state index contributed by atoms with van der Waals surface area (Å²) in [5, 5.41) is 11.3. The molecule has 0 bridgehead atoms. The Morgan fingerprint density at radius 3 is 2.00 bits per heavy atom. The van der Waals surface area contributed by atoms with Gasteiger partial charge in [-0.05, 0) is 19.1 Å². The van der Waals surface area contributed by atoms with Crippen molar-refractivity contribution in [1.82, 2.24) is 5.32 Å². The van der Waals surface area contributed by atoms with Gasteiger partial charge in [0.2, 0.25) is 0 Å². The number of methoxy groups -OCH3 is 1. The number of carbonyl (C=O) groups excluding carboxylic acids is 2. The molecule has 0 spiro atoms. The van der Waals surface area contributed by atoms with Gasteiger partial charge in [0.25, 0.3) is 5.91 Å². The molecule has 0 radical (unpaired) electrons.